The highest BCUT2D eigenvalue weighted by Crippen LogP contribution is 2.23. The summed E-state index contributed by atoms with van der Waals surface area (Å²) < 4.78 is 3.09. The van der Waals surface area contributed by atoms with Crippen LogP contribution in [0.15, 0.2) is 35.2 Å². The summed E-state index contributed by atoms with van der Waals surface area (Å²) in [6.07, 6.45) is 7.57. The van der Waals surface area contributed by atoms with Crippen molar-refractivity contribution in [2.75, 3.05) is 6.54 Å². The van der Waals surface area contributed by atoms with Gasteiger partial charge in [-0.15, -0.1) is 0 Å². The van der Waals surface area contributed by atoms with E-state index in [0.717, 1.165) is 35.4 Å². The Kier molecular flexibility index (Phi) is 5.10. The van der Waals surface area contributed by atoms with Gasteiger partial charge in [0.1, 0.15) is 5.82 Å². The zero-order valence-electron chi connectivity index (χ0n) is 11.3. The quantitative estimate of drug-likeness (QED) is 0.889. The predicted octanol–water partition coefficient (Wildman–Crippen LogP) is 2.86. The molecule has 19 heavy (non-hydrogen) atoms. The van der Waals surface area contributed by atoms with Crippen LogP contribution in [0.4, 0.5) is 0 Å². The number of aryl methyl sites for hydroxylation is 1. The molecule has 0 amide bonds. The van der Waals surface area contributed by atoms with Crippen LogP contribution in [0.5, 0.6) is 0 Å². The summed E-state index contributed by atoms with van der Waals surface area (Å²) in [6, 6.07) is 4.14. The molecule has 5 heteroatoms. The van der Waals surface area contributed by atoms with Crippen molar-refractivity contribution >= 4 is 15.9 Å². The Morgan fingerprint density at radius 3 is 2.84 bits per heavy atom. The molecule has 0 spiro atoms. The highest BCUT2D eigenvalue weighted by Gasteiger charge is 2.17. The molecule has 2 aromatic rings. The van der Waals surface area contributed by atoms with Gasteiger partial charge in [-0.3, -0.25) is 4.98 Å². The number of aromatic nitrogens is 3. The highest BCUT2D eigenvalue weighted by molar-refractivity contribution is 9.10. The molecule has 1 atom stereocenters. The molecule has 0 aliphatic carbocycles. The second-order valence-corrected chi connectivity index (χ2v) is 5.39. The molecule has 1 unspecified atom stereocenters. The molecule has 0 aromatic carbocycles. The molecule has 0 aliphatic rings. The largest absolute Gasteiger partial charge is 0.338 e. The summed E-state index contributed by atoms with van der Waals surface area (Å²) in [5.41, 5.74) is 1.04. The Hall–Kier alpha value is -1.20. The van der Waals surface area contributed by atoms with Crippen molar-refractivity contribution in [2.45, 2.75) is 25.8 Å². The molecule has 0 saturated carbocycles. The van der Waals surface area contributed by atoms with Crippen LogP contribution in [0.1, 0.15) is 30.9 Å². The van der Waals surface area contributed by atoms with Gasteiger partial charge in [0.05, 0.1) is 11.7 Å². The van der Waals surface area contributed by atoms with E-state index in [1.165, 1.54) is 0 Å². The number of pyridine rings is 1. The lowest BCUT2D eigenvalue weighted by molar-refractivity contribution is 0.499. The maximum absolute atomic E-state index is 4.50. The fourth-order valence-corrected chi connectivity index (χ4v) is 2.55. The second kappa shape index (κ2) is 6.82. The third-order valence-corrected chi connectivity index (χ3v) is 3.74. The van der Waals surface area contributed by atoms with E-state index in [0.29, 0.717) is 0 Å². The van der Waals surface area contributed by atoms with Gasteiger partial charge in [-0.05, 0) is 41.0 Å². The molecule has 1 N–H and O–H groups in total. The summed E-state index contributed by atoms with van der Waals surface area (Å²) in [4.78, 5) is 8.89. The molecule has 2 rings (SSSR count). The second-order valence-electron chi connectivity index (χ2n) is 4.54. The molecule has 102 valence electrons. The van der Waals surface area contributed by atoms with E-state index in [2.05, 4.69) is 42.7 Å². The van der Waals surface area contributed by atoms with Gasteiger partial charge in [0.25, 0.3) is 0 Å². The smallest absolute Gasteiger partial charge is 0.110 e. The van der Waals surface area contributed by atoms with Crippen molar-refractivity contribution < 1.29 is 0 Å². The summed E-state index contributed by atoms with van der Waals surface area (Å²) in [7, 11) is 2.02. The van der Waals surface area contributed by atoms with Gasteiger partial charge in [-0.25, -0.2) is 4.98 Å². The minimum atomic E-state index is 0.177. The zero-order chi connectivity index (χ0) is 13.7. The number of nitrogens with one attached hydrogen (secondary N) is 1. The van der Waals surface area contributed by atoms with E-state index in [4.69, 9.17) is 0 Å². The number of halogens is 1. The van der Waals surface area contributed by atoms with Crippen LogP contribution in [0.2, 0.25) is 0 Å². The Morgan fingerprint density at radius 1 is 1.37 bits per heavy atom. The minimum absolute atomic E-state index is 0.177. The molecule has 0 saturated heterocycles. The summed E-state index contributed by atoms with van der Waals surface area (Å²) in [6.45, 7) is 3.14. The predicted molar refractivity (Wildman–Crippen MR) is 79.9 cm³/mol. The molecule has 2 aromatic heterocycles. The van der Waals surface area contributed by atoms with Gasteiger partial charge in [0, 0.05) is 36.5 Å². The highest BCUT2D eigenvalue weighted by atomic mass is 79.9. The Bertz CT molecular complexity index is 524. The number of imidazole rings is 1. The average Bonchev–Trinajstić information content (AvgIpc) is 2.81. The first-order valence-corrected chi connectivity index (χ1v) is 7.31. The van der Waals surface area contributed by atoms with E-state index in [9.17, 15) is 0 Å². The molecule has 0 fully saturated rings. The Labute approximate surface area is 122 Å². The lowest BCUT2D eigenvalue weighted by Crippen LogP contribution is -2.26. The van der Waals surface area contributed by atoms with Gasteiger partial charge < -0.3 is 9.88 Å². The summed E-state index contributed by atoms with van der Waals surface area (Å²) in [5.74, 6) is 1.06. The third-order valence-electron chi connectivity index (χ3n) is 3.07. The summed E-state index contributed by atoms with van der Waals surface area (Å²) >= 11 is 3.58. The molecular formula is C14H19BrN4. The number of hydrogen-bond donors (Lipinski definition) is 1. The average molecular weight is 323 g/mol. The van der Waals surface area contributed by atoms with Gasteiger partial charge in [0.15, 0.2) is 0 Å². The van der Waals surface area contributed by atoms with Gasteiger partial charge in [0.2, 0.25) is 0 Å². The lowest BCUT2D eigenvalue weighted by Gasteiger charge is -2.19. The fraction of sp³-hybridized carbons (Fsp3) is 0.429. The van der Waals surface area contributed by atoms with Crippen molar-refractivity contribution in [1.29, 1.82) is 0 Å². The molecule has 0 radical (unpaired) electrons. The van der Waals surface area contributed by atoms with Crippen LogP contribution in [0.25, 0.3) is 0 Å². The van der Waals surface area contributed by atoms with Crippen LogP contribution in [-0.2, 0) is 13.5 Å². The first-order valence-electron chi connectivity index (χ1n) is 6.52. The van der Waals surface area contributed by atoms with Gasteiger partial charge >= 0.3 is 0 Å². The fourth-order valence-electron chi connectivity index (χ4n) is 2.01. The third kappa shape index (κ3) is 3.64. The maximum atomic E-state index is 4.50. The van der Waals surface area contributed by atoms with Crippen molar-refractivity contribution in [3.05, 3.63) is 46.7 Å². The minimum Gasteiger partial charge on any atom is -0.338 e. The van der Waals surface area contributed by atoms with Crippen molar-refractivity contribution in [3.63, 3.8) is 0 Å². The van der Waals surface area contributed by atoms with Gasteiger partial charge in [-0.2, -0.15) is 0 Å². The molecular weight excluding hydrogens is 304 g/mol. The van der Waals surface area contributed by atoms with Crippen LogP contribution >= 0.6 is 15.9 Å². The SMILES string of the molecule is CCCNC(Cc1nccn1C)c1ncccc1Br. The Balaban J connectivity index is 2.21. The van der Waals surface area contributed by atoms with E-state index >= 15 is 0 Å². The topological polar surface area (TPSA) is 42.7 Å². The van der Waals surface area contributed by atoms with E-state index in [-0.39, 0.29) is 6.04 Å². The van der Waals surface area contributed by atoms with Crippen molar-refractivity contribution in [1.82, 2.24) is 19.9 Å². The molecule has 0 aliphatic heterocycles. The first kappa shape index (κ1) is 14.2. The van der Waals surface area contributed by atoms with E-state index in [1.807, 2.05) is 37.8 Å². The van der Waals surface area contributed by atoms with Crippen molar-refractivity contribution in [2.24, 2.45) is 7.05 Å². The normalized spacial score (nSPS) is 12.6. The summed E-state index contributed by atoms with van der Waals surface area (Å²) in [5, 5.41) is 3.55. The Morgan fingerprint density at radius 2 is 2.21 bits per heavy atom. The number of rotatable bonds is 6. The molecule has 0 bridgehead atoms. The zero-order valence-corrected chi connectivity index (χ0v) is 12.9. The van der Waals surface area contributed by atoms with Crippen LogP contribution in [0.3, 0.4) is 0 Å². The standard InChI is InChI=1S/C14H19BrN4/c1-3-6-16-12(10-13-17-8-9-19(13)2)14-11(15)5-4-7-18-14/h4-5,7-9,12,16H,3,6,10H2,1-2H3. The van der Waals surface area contributed by atoms with Crippen LogP contribution < -0.4 is 5.32 Å². The lowest BCUT2D eigenvalue weighted by atomic mass is 10.1. The van der Waals surface area contributed by atoms with Crippen LogP contribution in [0, 0.1) is 0 Å². The molecule has 2 heterocycles. The van der Waals surface area contributed by atoms with E-state index < -0.39 is 0 Å². The maximum Gasteiger partial charge on any atom is 0.110 e. The number of nitrogens with zero attached hydrogens (tertiary/aromatic N) is 3. The van der Waals surface area contributed by atoms with Crippen molar-refractivity contribution in [3.8, 4) is 0 Å². The van der Waals surface area contributed by atoms with E-state index in [1.54, 1.807) is 0 Å². The molecule has 4 nitrogen and oxygen atoms in total. The monoisotopic (exact) mass is 322 g/mol. The first-order chi connectivity index (χ1) is 9.22. The number of hydrogen-bond acceptors (Lipinski definition) is 3. The van der Waals surface area contributed by atoms with Gasteiger partial charge in [-0.1, -0.05) is 6.92 Å². The van der Waals surface area contributed by atoms with Crippen LogP contribution in [-0.4, -0.2) is 21.1 Å².